The molecule has 0 radical (unpaired) electrons. The molecule has 0 amide bonds. The van der Waals surface area contributed by atoms with E-state index < -0.39 is 0 Å². The molecule has 30 heavy (non-hydrogen) atoms. The lowest BCUT2D eigenvalue weighted by Gasteiger charge is -2.11. The lowest BCUT2D eigenvalue weighted by atomic mass is 9.98. The fourth-order valence-corrected chi connectivity index (χ4v) is 4.16. The number of fused-ring (bicyclic) bond motifs is 4. The van der Waals surface area contributed by atoms with Crippen molar-refractivity contribution in [3.8, 4) is 11.1 Å². The van der Waals surface area contributed by atoms with Gasteiger partial charge in [-0.25, -0.2) is 0 Å². The molecular weight excluding hydrogens is 366 g/mol. The highest BCUT2D eigenvalue weighted by Gasteiger charge is 2.14. The van der Waals surface area contributed by atoms with Crippen LogP contribution in [0.15, 0.2) is 114 Å². The molecule has 1 aromatic heterocycles. The van der Waals surface area contributed by atoms with E-state index in [1.54, 1.807) is 0 Å². The van der Waals surface area contributed by atoms with Crippen LogP contribution in [0.5, 0.6) is 0 Å². The summed E-state index contributed by atoms with van der Waals surface area (Å²) in [5.41, 5.74) is 6.18. The van der Waals surface area contributed by atoms with Gasteiger partial charge in [-0.05, 0) is 52.7 Å². The number of anilines is 2. The van der Waals surface area contributed by atoms with Gasteiger partial charge in [0.1, 0.15) is 11.2 Å². The molecule has 0 aliphatic heterocycles. The summed E-state index contributed by atoms with van der Waals surface area (Å²) in [6.07, 6.45) is 0. The zero-order valence-corrected chi connectivity index (χ0v) is 16.3. The third-order valence-corrected chi connectivity index (χ3v) is 5.60. The predicted molar refractivity (Wildman–Crippen MR) is 126 cm³/mol. The molecule has 0 atom stereocenters. The van der Waals surface area contributed by atoms with Gasteiger partial charge in [-0.2, -0.15) is 0 Å². The smallest absolute Gasteiger partial charge is 0.143 e. The van der Waals surface area contributed by atoms with Gasteiger partial charge >= 0.3 is 0 Å². The van der Waals surface area contributed by atoms with Gasteiger partial charge in [0, 0.05) is 27.7 Å². The van der Waals surface area contributed by atoms with E-state index in [1.807, 2.05) is 30.3 Å². The van der Waals surface area contributed by atoms with Gasteiger partial charge in [0.15, 0.2) is 0 Å². The zero-order chi connectivity index (χ0) is 19.9. The first kappa shape index (κ1) is 16.9. The first-order chi connectivity index (χ1) is 14.8. The number of hydrogen-bond donors (Lipinski definition) is 1. The number of benzene rings is 5. The summed E-state index contributed by atoms with van der Waals surface area (Å²) in [6.45, 7) is 0. The molecule has 0 fully saturated rings. The van der Waals surface area contributed by atoms with Crippen molar-refractivity contribution in [3.05, 3.63) is 109 Å². The first-order valence-corrected chi connectivity index (χ1v) is 10.1. The topological polar surface area (TPSA) is 25.2 Å². The third-order valence-electron chi connectivity index (χ3n) is 5.60. The fourth-order valence-electron chi connectivity index (χ4n) is 4.16. The molecule has 6 rings (SSSR count). The Balaban J connectivity index is 1.62. The number of para-hydroxylation sites is 2. The second kappa shape index (κ2) is 6.78. The van der Waals surface area contributed by atoms with Crippen LogP contribution in [0.3, 0.4) is 0 Å². The van der Waals surface area contributed by atoms with Crippen molar-refractivity contribution in [2.24, 2.45) is 0 Å². The molecule has 2 heteroatoms. The average Bonchev–Trinajstić information content (AvgIpc) is 3.18. The van der Waals surface area contributed by atoms with Crippen molar-refractivity contribution in [1.29, 1.82) is 0 Å². The lowest BCUT2D eigenvalue weighted by molar-refractivity contribution is 0.670. The standard InChI is InChI=1S/C28H19NO/c1-2-10-22(11-3-1)29-23-17-25(21-15-14-19-8-4-5-9-20(19)16-21)28-26(18-23)24-12-6-7-13-27(24)30-28/h1-18,29H. The van der Waals surface area contributed by atoms with Crippen LogP contribution in [0.4, 0.5) is 11.4 Å². The maximum Gasteiger partial charge on any atom is 0.143 e. The van der Waals surface area contributed by atoms with Crippen LogP contribution >= 0.6 is 0 Å². The molecule has 0 bridgehead atoms. The molecule has 1 N–H and O–H groups in total. The molecule has 1 heterocycles. The van der Waals surface area contributed by atoms with Gasteiger partial charge in [-0.3, -0.25) is 0 Å². The van der Waals surface area contributed by atoms with E-state index in [2.05, 4.69) is 84.2 Å². The summed E-state index contributed by atoms with van der Waals surface area (Å²) in [7, 11) is 0. The maximum atomic E-state index is 6.33. The summed E-state index contributed by atoms with van der Waals surface area (Å²) in [6, 6.07) is 37.9. The summed E-state index contributed by atoms with van der Waals surface area (Å²) in [4.78, 5) is 0. The highest BCUT2D eigenvalue weighted by atomic mass is 16.3. The normalized spacial score (nSPS) is 11.3. The predicted octanol–water partition coefficient (Wildman–Crippen LogP) is 8.15. The Morgan fingerprint density at radius 3 is 2.20 bits per heavy atom. The molecule has 0 saturated carbocycles. The summed E-state index contributed by atoms with van der Waals surface area (Å²) < 4.78 is 6.33. The van der Waals surface area contributed by atoms with Crippen molar-refractivity contribution >= 4 is 44.1 Å². The lowest BCUT2D eigenvalue weighted by Crippen LogP contribution is -1.91. The molecule has 0 aliphatic carbocycles. The monoisotopic (exact) mass is 385 g/mol. The molecule has 0 spiro atoms. The van der Waals surface area contributed by atoms with Crippen molar-refractivity contribution in [3.63, 3.8) is 0 Å². The highest BCUT2D eigenvalue weighted by Crippen LogP contribution is 2.39. The van der Waals surface area contributed by atoms with E-state index in [0.717, 1.165) is 44.4 Å². The average molecular weight is 385 g/mol. The Bertz CT molecular complexity index is 1510. The molecule has 2 nitrogen and oxygen atoms in total. The SMILES string of the molecule is c1ccc(Nc2cc(-c3ccc4ccccc4c3)c3oc4ccccc4c3c2)cc1. The number of rotatable bonds is 3. The number of furan rings is 1. The van der Waals surface area contributed by atoms with Crippen molar-refractivity contribution in [1.82, 2.24) is 0 Å². The van der Waals surface area contributed by atoms with Gasteiger partial charge in [0.25, 0.3) is 0 Å². The minimum Gasteiger partial charge on any atom is -0.455 e. The van der Waals surface area contributed by atoms with Crippen LogP contribution in [0.2, 0.25) is 0 Å². The van der Waals surface area contributed by atoms with E-state index in [1.165, 1.54) is 10.8 Å². The largest absolute Gasteiger partial charge is 0.455 e. The Morgan fingerprint density at radius 1 is 0.533 bits per heavy atom. The Hall–Kier alpha value is -4.04. The maximum absolute atomic E-state index is 6.33. The molecule has 0 saturated heterocycles. The minimum absolute atomic E-state index is 0.909. The van der Waals surface area contributed by atoms with Crippen molar-refractivity contribution < 1.29 is 4.42 Å². The summed E-state index contributed by atoms with van der Waals surface area (Å²) >= 11 is 0. The van der Waals surface area contributed by atoms with E-state index in [9.17, 15) is 0 Å². The van der Waals surface area contributed by atoms with Gasteiger partial charge in [0.05, 0.1) is 0 Å². The number of hydrogen-bond acceptors (Lipinski definition) is 2. The van der Waals surface area contributed by atoms with Crippen LogP contribution in [-0.4, -0.2) is 0 Å². The van der Waals surface area contributed by atoms with Gasteiger partial charge in [0.2, 0.25) is 0 Å². The van der Waals surface area contributed by atoms with Gasteiger partial charge < -0.3 is 9.73 Å². The van der Waals surface area contributed by atoms with Crippen molar-refractivity contribution in [2.45, 2.75) is 0 Å². The third kappa shape index (κ3) is 2.82. The van der Waals surface area contributed by atoms with Crippen LogP contribution in [0.25, 0.3) is 43.8 Å². The number of nitrogens with one attached hydrogen (secondary N) is 1. The molecule has 0 aliphatic rings. The van der Waals surface area contributed by atoms with Crippen LogP contribution in [0.1, 0.15) is 0 Å². The van der Waals surface area contributed by atoms with Crippen LogP contribution in [0, 0.1) is 0 Å². The van der Waals surface area contributed by atoms with E-state index in [-0.39, 0.29) is 0 Å². The highest BCUT2D eigenvalue weighted by molar-refractivity contribution is 6.11. The molecular formula is C28H19NO. The van der Waals surface area contributed by atoms with Crippen LogP contribution in [-0.2, 0) is 0 Å². The second-order valence-corrected chi connectivity index (χ2v) is 7.55. The van der Waals surface area contributed by atoms with Crippen molar-refractivity contribution in [2.75, 3.05) is 5.32 Å². The molecule has 0 unspecified atom stereocenters. The molecule has 5 aromatic carbocycles. The zero-order valence-electron chi connectivity index (χ0n) is 16.3. The van der Waals surface area contributed by atoms with Crippen LogP contribution < -0.4 is 5.32 Å². The van der Waals surface area contributed by atoms with E-state index in [0.29, 0.717) is 0 Å². The molecule has 142 valence electrons. The Labute approximate surface area is 174 Å². The van der Waals surface area contributed by atoms with E-state index >= 15 is 0 Å². The first-order valence-electron chi connectivity index (χ1n) is 10.1. The Morgan fingerprint density at radius 2 is 1.30 bits per heavy atom. The molecule has 6 aromatic rings. The quantitative estimate of drug-likeness (QED) is 0.332. The van der Waals surface area contributed by atoms with E-state index in [4.69, 9.17) is 4.42 Å². The minimum atomic E-state index is 0.909. The summed E-state index contributed by atoms with van der Waals surface area (Å²) in [5.74, 6) is 0. The second-order valence-electron chi connectivity index (χ2n) is 7.55. The summed E-state index contributed by atoms with van der Waals surface area (Å²) in [5, 5.41) is 8.27. The van der Waals surface area contributed by atoms with Gasteiger partial charge in [-0.1, -0.05) is 72.8 Å². The Kier molecular flexibility index (Phi) is 3.82. The fraction of sp³-hybridized carbons (Fsp3) is 0. The van der Waals surface area contributed by atoms with Gasteiger partial charge in [-0.15, -0.1) is 0 Å².